The molecule has 0 saturated carbocycles. The van der Waals surface area contributed by atoms with Crippen LogP contribution in [0.2, 0.25) is 0 Å². The summed E-state index contributed by atoms with van der Waals surface area (Å²) in [4.78, 5) is 28.4. The largest absolute Gasteiger partial charge is 0.378 e. The van der Waals surface area contributed by atoms with Crippen molar-refractivity contribution in [2.75, 3.05) is 37.7 Å². The lowest BCUT2D eigenvalue weighted by Crippen LogP contribution is -2.45. The summed E-state index contributed by atoms with van der Waals surface area (Å²) in [5.41, 5.74) is 0.848. The SMILES string of the molecule is O=C([C@H]1CCN(c2ccc(Br)cc2)C1=O)N1CCOCC1. The minimum absolute atomic E-state index is 0.0529. The molecule has 2 amide bonds. The Morgan fingerprint density at radius 3 is 2.48 bits per heavy atom. The number of hydrogen-bond acceptors (Lipinski definition) is 3. The van der Waals surface area contributed by atoms with Crippen molar-refractivity contribution in [2.24, 2.45) is 5.92 Å². The Morgan fingerprint density at radius 2 is 1.81 bits per heavy atom. The van der Waals surface area contributed by atoms with E-state index in [4.69, 9.17) is 4.74 Å². The highest BCUT2D eigenvalue weighted by Gasteiger charge is 2.39. The predicted molar refractivity (Wildman–Crippen MR) is 82.0 cm³/mol. The molecule has 0 spiro atoms. The Hall–Kier alpha value is -1.40. The third-order valence-corrected chi connectivity index (χ3v) is 4.49. The molecule has 1 aromatic rings. The monoisotopic (exact) mass is 352 g/mol. The number of anilines is 1. The van der Waals surface area contributed by atoms with Crippen molar-refractivity contribution < 1.29 is 14.3 Å². The fourth-order valence-corrected chi connectivity index (χ4v) is 3.05. The molecule has 0 aromatic heterocycles. The number of nitrogens with zero attached hydrogens (tertiary/aromatic N) is 2. The molecule has 0 N–H and O–H groups in total. The van der Waals surface area contributed by atoms with E-state index in [1.165, 1.54) is 0 Å². The number of ether oxygens (including phenoxy) is 1. The van der Waals surface area contributed by atoms with Gasteiger partial charge in [-0.25, -0.2) is 0 Å². The van der Waals surface area contributed by atoms with Gasteiger partial charge in [-0.05, 0) is 30.7 Å². The van der Waals surface area contributed by atoms with Crippen LogP contribution in [0.15, 0.2) is 28.7 Å². The summed E-state index contributed by atoms with van der Waals surface area (Å²) in [6.07, 6.45) is 0.588. The van der Waals surface area contributed by atoms with Crippen LogP contribution in [-0.2, 0) is 14.3 Å². The van der Waals surface area contributed by atoms with E-state index in [1.807, 2.05) is 24.3 Å². The third kappa shape index (κ3) is 2.96. The molecule has 1 atom stereocenters. The molecule has 2 heterocycles. The van der Waals surface area contributed by atoms with Crippen LogP contribution in [0, 0.1) is 5.92 Å². The van der Waals surface area contributed by atoms with Crippen LogP contribution >= 0.6 is 15.9 Å². The van der Waals surface area contributed by atoms with Gasteiger partial charge in [-0.3, -0.25) is 9.59 Å². The van der Waals surface area contributed by atoms with E-state index in [1.54, 1.807) is 9.80 Å². The Labute approximate surface area is 132 Å². The van der Waals surface area contributed by atoms with E-state index >= 15 is 0 Å². The van der Waals surface area contributed by atoms with E-state index in [2.05, 4.69) is 15.9 Å². The average molecular weight is 353 g/mol. The van der Waals surface area contributed by atoms with E-state index in [-0.39, 0.29) is 11.8 Å². The van der Waals surface area contributed by atoms with E-state index in [9.17, 15) is 9.59 Å². The van der Waals surface area contributed by atoms with Crippen molar-refractivity contribution in [3.05, 3.63) is 28.7 Å². The summed E-state index contributed by atoms with van der Waals surface area (Å²) in [6, 6.07) is 7.59. The van der Waals surface area contributed by atoms with Gasteiger partial charge in [0.2, 0.25) is 11.8 Å². The van der Waals surface area contributed by atoms with Crippen LogP contribution in [0.1, 0.15) is 6.42 Å². The van der Waals surface area contributed by atoms with Gasteiger partial charge in [0.05, 0.1) is 13.2 Å². The van der Waals surface area contributed by atoms with E-state index in [0.717, 1.165) is 10.2 Å². The van der Waals surface area contributed by atoms with Crippen molar-refractivity contribution in [1.82, 2.24) is 4.90 Å². The molecule has 2 fully saturated rings. The first-order valence-electron chi connectivity index (χ1n) is 7.10. The summed E-state index contributed by atoms with van der Waals surface area (Å²) in [7, 11) is 0. The van der Waals surface area contributed by atoms with E-state index in [0.29, 0.717) is 39.3 Å². The first-order valence-corrected chi connectivity index (χ1v) is 7.89. The molecule has 5 nitrogen and oxygen atoms in total. The number of amides is 2. The van der Waals surface area contributed by atoms with Gasteiger partial charge in [0.1, 0.15) is 5.92 Å². The summed E-state index contributed by atoms with van der Waals surface area (Å²) in [5, 5.41) is 0. The van der Waals surface area contributed by atoms with Gasteiger partial charge in [0.15, 0.2) is 0 Å². The maximum Gasteiger partial charge on any atom is 0.239 e. The molecule has 1 aromatic carbocycles. The zero-order valence-corrected chi connectivity index (χ0v) is 13.2. The molecule has 0 bridgehead atoms. The van der Waals surface area contributed by atoms with Crippen molar-refractivity contribution >= 4 is 33.4 Å². The van der Waals surface area contributed by atoms with Crippen molar-refractivity contribution in [2.45, 2.75) is 6.42 Å². The van der Waals surface area contributed by atoms with Crippen LogP contribution in [0.3, 0.4) is 0 Å². The van der Waals surface area contributed by atoms with Crippen LogP contribution in [0.5, 0.6) is 0 Å². The van der Waals surface area contributed by atoms with E-state index < -0.39 is 5.92 Å². The molecule has 6 heteroatoms. The molecule has 112 valence electrons. The molecule has 0 aliphatic carbocycles. The Kier molecular flexibility index (Phi) is 4.26. The first-order chi connectivity index (χ1) is 10.2. The second-order valence-electron chi connectivity index (χ2n) is 5.25. The van der Waals surface area contributed by atoms with Gasteiger partial charge >= 0.3 is 0 Å². The molecular formula is C15H17BrN2O3. The van der Waals surface area contributed by atoms with Crippen LogP contribution in [0.25, 0.3) is 0 Å². The Morgan fingerprint density at radius 1 is 1.14 bits per heavy atom. The van der Waals surface area contributed by atoms with Crippen molar-refractivity contribution in [3.63, 3.8) is 0 Å². The lowest BCUT2D eigenvalue weighted by atomic mass is 10.1. The molecule has 2 aliphatic heterocycles. The zero-order valence-electron chi connectivity index (χ0n) is 11.6. The van der Waals surface area contributed by atoms with Crippen molar-refractivity contribution in [1.29, 1.82) is 0 Å². The number of hydrogen-bond donors (Lipinski definition) is 0. The number of carbonyl (C=O) groups is 2. The van der Waals surface area contributed by atoms with Gasteiger partial charge in [-0.2, -0.15) is 0 Å². The first kappa shape index (κ1) is 14.5. The predicted octanol–water partition coefficient (Wildman–Crippen LogP) is 1.66. The topological polar surface area (TPSA) is 49.9 Å². The molecule has 21 heavy (non-hydrogen) atoms. The summed E-state index contributed by atoms with van der Waals surface area (Å²) in [6.45, 7) is 2.88. The standard InChI is InChI=1S/C15H17BrN2O3/c16-11-1-3-12(4-2-11)18-6-5-13(15(18)20)14(19)17-7-9-21-10-8-17/h1-4,13H,5-10H2/t13-/m1/s1. The number of carbonyl (C=O) groups excluding carboxylic acids is 2. The highest BCUT2D eigenvalue weighted by Crippen LogP contribution is 2.27. The third-order valence-electron chi connectivity index (χ3n) is 3.96. The van der Waals surface area contributed by atoms with Gasteiger partial charge in [-0.15, -0.1) is 0 Å². The van der Waals surface area contributed by atoms with Gasteiger partial charge < -0.3 is 14.5 Å². The van der Waals surface area contributed by atoms with Gasteiger partial charge in [0.25, 0.3) is 0 Å². The fraction of sp³-hybridized carbons (Fsp3) is 0.467. The molecule has 0 unspecified atom stereocenters. The maximum atomic E-state index is 12.5. The average Bonchev–Trinajstić information content (AvgIpc) is 2.90. The highest BCUT2D eigenvalue weighted by atomic mass is 79.9. The minimum Gasteiger partial charge on any atom is -0.378 e. The van der Waals surface area contributed by atoms with Crippen LogP contribution in [-0.4, -0.2) is 49.6 Å². The number of rotatable bonds is 2. The van der Waals surface area contributed by atoms with Gasteiger partial charge in [-0.1, -0.05) is 15.9 Å². The molecule has 2 aliphatic rings. The smallest absolute Gasteiger partial charge is 0.239 e. The molecular weight excluding hydrogens is 336 g/mol. The maximum absolute atomic E-state index is 12.5. The number of benzene rings is 1. The second-order valence-corrected chi connectivity index (χ2v) is 6.16. The quantitative estimate of drug-likeness (QED) is 0.760. The summed E-state index contributed by atoms with van der Waals surface area (Å²) >= 11 is 3.38. The fourth-order valence-electron chi connectivity index (χ4n) is 2.79. The highest BCUT2D eigenvalue weighted by molar-refractivity contribution is 9.10. The molecule has 0 radical (unpaired) electrons. The minimum atomic E-state index is -0.535. The lowest BCUT2D eigenvalue weighted by molar-refractivity contribution is -0.143. The molecule has 3 rings (SSSR count). The number of halogens is 1. The molecule has 2 saturated heterocycles. The summed E-state index contributed by atoms with van der Waals surface area (Å²) < 4.78 is 6.22. The normalized spacial score (nSPS) is 22.7. The Bertz CT molecular complexity index is 540. The van der Waals surface area contributed by atoms with Crippen molar-refractivity contribution in [3.8, 4) is 0 Å². The van der Waals surface area contributed by atoms with Gasteiger partial charge in [0, 0.05) is 29.8 Å². The lowest BCUT2D eigenvalue weighted by Gasteiger charge is -2.28. The summed E-state index contributed by atoms with van der Waals surface area (Å²) in [5.74, 6) is -0.677. The second kappa shape index (κ2) is 6.15. The van der Waals surface area contributed by atoms with Crippen LogP contribution in [0.4, 0.5) is 5.69 Å². The Balaban J connectivity index is 1.71. The number of morpholine rings is 1. The van der Waals surface area contributed by atoms with Crippen LogP contribution < -0.4 is 4.90 Å². The zero-order chi connectivity index (χ0) is 14.8.